The normalized spacial score (nSPS) is 12.3. The third-order valence-electron chi connectivity index (χ3n) is 2.37. The van der Waals surface area contributed by atoms with Crippen molar-refractivity contribution < 1.29 is 4.79 Å². The first-order valence-electron chi connectivity index (χ1n) is 6.04. The fourth-order valence-electron chi connectivity index (χ4n) is 2.28. The number of hydrogen-bond donors (Lipinski definition) is 1. The molecule has 0 atom stereocenters. The number of amides is 1. The monoisotopic (exact) mass is 312 g/mol. The van der Waals surface area contributed by atoms with E-state index in [1.165, 1.54) is 0 Å². The Bertz CT molecular complexity index is 436. The Hall–Kier alpha value is -0.900. The topological polar surface area (TPSA) is 42.0 Å². The van der Waals surface area contributed by atoms with Crippen molar-refractivity contribution in [3.8, 4) is 0 Å². The van der Waals surface area contributed by atoms with Crippen LogP contribution in [0.15, 0.2) is 22.8 Å². The summed E-state index contributed by atoms with van der Waals surface area (Å²) in [6.07, 6.45) is 0.903. The molecule has 100 valence electrons. The molecule has 0 bridgehead atoms. The van der Waals surface area contributed by atoms with E-state index in [2.05, 4.69) is 47.0 Å². The SMILES string of the molecule is CC(C)(C)CC(C)(C)NC(=O)c1cccc(Br)n1. The second kappa shape index (κ2) is 5.39. The first-order chi connectivity index (χ1) is 8.09. The molecule has 1 rings (SSSR count). The lowest BCUT2D eigenvalue weighted by atomic mass is 9.82. The van der Waals surface area contributed by atoms with Crippen molar-refractivity contribution in [2.45, 2.75) is 46.6 Å². The number of halogens is 1. The summed E-state index contributed by atoms with van der Waals surface area (Å²) in [4.78, 5) is 16.3. The Labute approximate surface area is 118 Å². The third kappa shape index (κ3) is 5.17. The molecule has 4 heteroatoms. The molecule has 0 radical (unpaired) electrons. The summed E-state index contributed by atoms with van der Waals surface area (Å²) in [5.74, 6) is -0.134. The number of aromatic nitrogens is 1. The van der Waals surface area contributed by atoms with Gasteiger partial charge < -0.3 is 5.32 Å². The summed E-state index contributed by atoms with van der Waals surface area (Å²) in [6, 6.07) is 5.33. The maximum Gasteiger partial charge on any atom is 0.270 e. The molecule has 0 fully saturated rings. The van der Waals surface area contributed by atoms with Gasteiger partial charge in [-0.2, -0.15) is 0 Å². The van der Waals surface area contributed by atoms with Gasteiger partial charge in [-0.25, -0.2) is 4.98 Å². The van der Waals surface area contributed by atoms with Crippen molar-refractivity contribution in [1.82, 2.24) is 10.3 Å². The highest BCUT2D eigenvalue weighted by Gasteiger charge is 2.27. The van der Waals surface area contributed by atoms with E-state index < -0.39 is 0 Å². The van der Waals surface area contributed by atoms with Crippen LogP contribution in [0.4, 0.5) is 0 Å². The van der Waals surface area contributed by atoms with E-state index >= 15 is 0 Å². The average Bonchev–Trinajstić information content (AvgIpc) is 2.12. The molecule has 3 nitrogen and oxygen atoms in total. The number of nitrogens with zero attached hydrogens (tertiary/aromatic N) is 1. The van der Waals surface area contributed by atoms with Crippen molar-refractivity contribution in [1.29, 1.82) is 0 Å². The Morgan fingerprint density at radius 3 is 2.39 bits per heavy atom. The van der Waals surface area contributed by atoms with Gasteiger partial charge in [0.25, 0.3) is 5.91 Å². The van der Waals surface area contributed by atoms with Gasteiger partial charge in [0.2, 0.25) is 0 Å². The van der Waals surface area contributed by atoms with Crippen molar-refractivity contribution in [3.63, 3.8) is 0 Å². The fourth-order valence-corrected chi connectivity index (χ4v) is 2.62. The molecule has 0 aliphatic carbocycles. The van der Waals surface area contributed by atoms with Crippen LogP contribution in [-0.4, -0.2) is 16.4 Å². The van der Waals surface area contributed by atoms with E-state index in [-0.39, 0.29) is 16.9 Å². The summed E-state index contributed by atoms with van der Waals surface area (Å²) in [5.41, 5.74) is 0.354. The molecule has 0 saturated heterocycles. The van der Waals surface area contributed by atoms with Gasteiger partial charge in [-0.05, 0) is 53.7 Å². The number of pyridine rings is 1. The summed E-state index contributed by atoms with van der Waals surface area (Å²) in [7, 11) is 0. The molecular formula is C14H21BrN2O. The van der Waals surface area contributed by atoms with Crippen LogP contribution in [0.25, 0.3) is 0 Å². The zero-order valence-corrected chi connectivity index (χ0v) is 13.3. The molecule has 0 aliphatic rings. The molecule has 0 aromatic carbocycles. The van der Waals surface area contributed by atoms with Crippen LogP contribution in [0.2, 0.25) is 0 Å². The van der Waals surface area contributed by atoms with E-state index in [1.807, 2.05) is 19.9 Å². The Kier molecular flexibility index (Phi) is 4.54. The van der Waals surface area contributed by atoms with E-state index in [0.29, 0.717) is 10.3 Å². The van der Waals surface area contributed by atoms with Gasteiger partial charge in [0.1, 0.15) is 10.3 Å². The second-order valence-electron chi connectivity index (χ2n) is 6.42. The summed E-state index contributed by atoms with van der Waals surface area (Å²) < 4.78 is 0.670. The largest absolute Gasteiger partial charge is 0.346 e. The van der Waals surface area contributed by atoms with Crippen molar-refractivity contribution >= 4 is 21.8 Å². The summed E-state index contributed by atoms with van der Waals surface area (Å²) >= 11 is 3.27. The molecule has 1 N–H and O–H groups in total. The lowest BCUT2D eigenvalue weighted by molar-refractivity contribution is 0.0886. The van der Waals surface area contributed by atoms with Gasteiger partial charge in [0.05, 0.1) is 0 Å². The smallest absolute Gasteiger partial charge is 0.270 e. The number of nitrogens with one attached hydrogen (secondary N) is 1. The molecule has 0 aliphatic heterocycles. The van der Waals surface area contributed by atoms with Gasteiger partial charge >= 0.3 is 0 Å². The minimum atomic E-state index is -0.251. The first-order valence-corrected chi connectivity index (χ1v) is 6.83. The molecule has 18 heavy (non-hydrogen) atoms. The van der Waals surface area contributed by atoms with Crippen LogP contribution in [0.5, 0.6) is 0 Å². The molecule has 0 spiro atoms. The zero-order chi connectivity index (χ0) is 14.0. The maximum absolute atomic E-state index is 12.1. The van der Waals surface area contributed by atoms with E-state index in [1.54, 1.807) is 12.1 Å². The predicted octanol–water partition coefficient (Wildman–Crippen LogP) is 3.79. The van der Waals surface area contributed by atoms with Gasteiger partial charge in [-0.3, -0.25) is 4.79 Å². The lowest BCUT2D eigenvalue weighted by Crippen LogP contribution is -2.46. The van der Waals surface area contributed by atoms with Gasteiger partial charge in [-0.15, -0.1) is 0 Å². The highest BCUT2D eigenvalue weighted by molar-refractivity contribution is 9.10. The van der Waals surface area contributed by atoms with Crippen molar-refractivity contribution in [2.75, 3.05) is 0 Å². The maximum atomic E-state index is 12.1. The molecule has 1 aromatic heterocycles. The fraction of sp³-hybridized carbons (Fsp3) is 0.571. The van der Waals surface area contributed by atoms with Gasteiger partial charge in [0.15, 0.2) is 0 Å². The van der Waals surface area contributed by atoms with Crippen LogP contribution in [0.3, 0.4) is 0 Å². The number of rotatable bonds is 3. The van der Waals surface area contributed by atoms with E-state index in [0.717, 1.165) is 6.42 Å². The standard InChI is InChI=1S/C14H21BrN2O/c1-13(2,3)9-14(4,5)17-12(18)10-7-6-8-11(15)16-10/h6-8H,9H2,1-5H3,(H,17,18). The highest BCUT2D eigenvalue weighted by Crippen LogP contribution is 2.26. The number of hydrogen-bond acceptors (Lipinski definition) is 2. The third-order valence-corrected chi connectivity index (χ3v) is 2.81. The van der Waals surface area contributed by atoms with Crippen LogP contribution < -0.4 is 5.32 Å². The molecule has 1 amide bonds. The molecule has 0 saturated carbocycles. The van der Waals surface area contributed by atoms with Crippen molar-refractivity contribution in [3.05, 3.63) is 28.5 Å². The minimum Gasteiger partial charge on any atom is -0.346 e. The highest BCUT2D eigenvalue weighted by atomic mass is 79.9. The van der Waals surface area contributed by atoms with E-state index in [9.17, 15) is 4.79 Å². The molecule has 1 heterocycles. The minimum absolute atomic E-state index is 0.134. The van der Waals surface area contributed by atoms with Gasteiger partial charge in [-0.1, -0.05) is 26.8 Å². The number of carbonyl (C=O) groups excluding carboxylic acids is 1. The van der Waals surface area contributed by atoms with Crippen LogP contribution in [-0.2, 0) is 0 Å². The Morgan fingerprint density at radius 2 is 1.89 bits per heavy atom. The zero-order valence-electron chi connectivity index (χ0n) is 11.7. The lowest BCUT2D eigenvalue weighted by Gasteiger charge is -2.33. The molecule has 1 aromatic rings. The Balaban J connectivity index is 2.75. The summed E-state index contributed by atoms with van der Waals surface area (Å²) in [5, 5.41) is 3.03. The molecule has 0 unspecified atom stereocenters. The first kappa shape index (κ1) is 15.2. The van der Waals surface area contributed by atoms with E-state index in [4.69, 9.17) is 0 Å². The van der Waals surface area contributed by atoms with Crippen LogP contribution >= 0.6 is 15.9 Å². The van der Waals surface area contributed by atoms with Crippen molar-refractivity contribution in [2.24, 2.45) is 5.41 Å². The average molecular weight is 313 g/mol. The quantitative estimate of drug-likeness (QED) is 0.863. The van der Waals surface area contributed by atoms with Crippen LogP contribution in [0, 0.1) is 5.41 Å². The number of carbonyl (C=O) groups is 1. The predicted molar refractivity (Wildman–Crippen MR) is 77.6 cm³/mol. The molecular weight excluding hydrogens is 292 g/mol. The van der Waals surface area contributed by atoms with Gasteiger partial charge in [0, 0.05) is 5.54 Å². The second-order valence-corrected chi connectivity index (χ2v) is 7.23. The Morgan fingerprint density at radius 1 is 1.28 bits per heavy atom. The van der Waals surface area contributed by atoms with Crippen LogP contribution in [0.1, 0.15) is 51.5 Å². The summed E-state index contributed by atoms with van der Waals surface area (Å²) in [6.45, 7) is 10.6.